The highest BCUT2D eigenvalue weighted by atomic mass is 35.5. The molecule has 1 aromatic carbocycles. The molecular weight excluding hydrogens is 342 g/mol. The highest BCUT2D eigenvalue weighted by Crippen LogP contribution is 2.57. The molecule has 0 aliphatic carbocycles. The molecule has 0 fully saturated rings. The van der Waals surface area contributed by atoms with Crippen molar-refractivity contribution in [1.29, 1.82) is 0 Å². The van der Waals surface area contributed by atoms with Gasteiger partial charge in [0, 0.05) is 20.3 Å². The minimum atomic E-state index is -3.88. The molecule has 1 aromatic heterocycles. The van der Waals surface area contributed by atoms with Crippen molar-refractivity contribution in [3.05, 3.63) is 44.2 Å². The summed E-state index contributed by atoms with van der Waals surface area (Å²) in [5, 5.41) is 10.5. The molecule has 6 nitrogen and oxygen atoms in total. The van der Waals surface area contributed by atoms with Gasteiger partial charge in [-0.2, -0.15) is 0 Å². The van der Waals surface area contributed by atoms with Crippen LogP contribution in [0, 0.1) is 0 Å². The lowest BCUT2D eigenvalue weighted by Crippen LogP contribution is -2.15. The quantitative estimate of drug-likeness (QED) is 0.846. The predicted molar refractivity (Wildman–Crippen MR) is 79.1 cm³/mol. The molecule has 0 aliphatic heterocycles. The average Bonchev–Trinajstić information content (AvgIpc) is 2.48. The molecule has 0 saturated heterocycles. The molecule has 0 spiro atoms. The third-order valence-corrected chi connectivity index (χ3v) is 5.55. The van der Waals surface area contributed by atoms with Crippen LogP contribution in [-0.2, 0) is 13.6 Å². The van der Waals surface area contributed by atoms with Crippen molar-refractivity contribution in [2.75, 3.05) is 14.2 Å². The zero-order valence-electron chi connectivity index (χ0n) is 11.0. The second kappa shape index (κ2) is 6.08. The molecule has 1 N–H and O–H groups in total. The molecule has 0 radical (unpaired) electrons. The Kier molecular flexibility index (Phi) is 4.78. The first kappa shape index (κ1) is 16.5. The molecule has 1 heterocycles. The van der Waals surface area contributed by atoms with E-state index in [4.69, 9.17) is 27.6 Å². The van der Waals surface area contributed by atoms with Gasteiger partial charge >= 0.3 is 7.60 Å². The number of aliphatic hydroxyl groups excluding tert-OH is 1. The van der Waals surface area contributed by atoms with Crippen molar-refractivity contribution in [3.8, 4) is 0 Å². The second-order valence-electron chi connectivity index (χ2n) is 4.06. The Labute approximate surface area is 129 Å². The number of halogens is 2. The van der Waals surface area contributed by atoms with E-state index in [1.54, 1.807) is 0 Å². The van der Waals surface area contributed by atoms with Crippen molar-refractivity contribution < 1.29 is 23.1 Å². The van der Waals surface area contributed by atoms with E-state index in [9.17, 15) is 14.5 Å². The van der Waals surface area contributed by atoms with Crippen LogP contribution in [0.3, 0.4) is 0 Å². The summed E-state index contributed by atoms with van der Waals surface area (Å²) in [5.74, 6) is -1.78. The topological polar surface area (TPSA) is 86.0 Å². The fraction of sp³-hybridized carbons (Fsp3) is 0.250. The zero-order valence-corrected chi connectivity index (χ0v) is 13.4. The molecule has 2 aromatic rings. The standard InChI is InChI=1S/C12H11Cl2O6P/c1-18-21(17,19-2)12(16)7-5-20-10-4-9(14)8(13)3-6(10)11(7)15/h3-5,12,16H,1-2H3. The number of benzene rings is 1. The van der Waals surface area contributed by atoms with Gasteiger partial charge in [-0.3, -0.25) is 9.36 Å². The van der Waals surface area contributed by atoms with E-state index in [-0.39, 0.29) is 26.6 Å². The molecule has 0 saturated carbocycles. The maximum absolute atomic E-state index is 12.4. The van der Waals surface area contributed by atoms with Crippen LogP contribution in [-0.4, -0.2) is 19.3 Å². The van der Waals surface area contributed by atoms with E-state index in [2.05, 4.69) is 9.05 Å². The van der Waals surface area contributed by atoms with E-state index >= 15 is 0 Å². The van der Waals surface area contributed by atoms with Crippen molar-refractivity contribution in [2.45, 2.75) is 5.85 Å². The van der Waals surface area contributed by atoms with Gasteiger partial charge in [-0.25, -0.2) is 0 Å². The number of rotatable bonds is 4. The lowest BCUT2D eigenvalue weighted by molar-refractivity contribution is 0.174. The normalized spacial score (nSPS) is 13.6. The zero-order chi connectivity index (χ0) is 15.8. The lowest BCUT2D eigenvalue weighted by atomic mass is 10.2. The van der Waals surface area contributed by atoms with E-state index in [0.717, 1.165) is 20.5 Å². The van der Waals surface area contributed by atoms with Crippen LogP contribution in [0.15, 0.2) is 27.6 Å². The third-order valence-electron chi connectivity index (χ3n) is 2.93. The smallest absolute Gasteiger partial charge is 0.363 e. The molecule has 1 unspecified atom stereocenters. The van der Waals surface area contributed by atoms with Crippen LogP contribution < -0.4 is 5.43 Å². The van der Waals surface area contributed by atoms with Gasteiger partial charge in [-0.1, -0.05) is 23.2 Å². The van der Waals surface area contributed by atoms with Crippen LogP contribution in [0.4, 0.5) is 0 Å². The Hall–Kier alpha value is -0.880. The Morgan fingerprint density at radius 1 is 1.24 bits per heavy atom. The van der Waals surface area contributed by atoms with Gasteiger partial charge in [-0.05, 0) is 6.07 Å². The van der Waals surface area contributed by atoms with Crippen molar-refractivity contribution in [3.63, 3.8) is 0 Å². The molecule has 0 bridgehead atoms. The summed E-state index contributed by atoms with van der Waals surface area (Å²) in [7, 11) is -1.68. The van der Waals surface area contributed by atoms with Crippen molar-refractivity contribution in [1.82, 2.24) is 0 Å². The summed E-state index contributed by atoms with van der Waals surface area (Å²) in [6, 6.07) is 2.69. The fourth-order valence-electron chi connectivity index (χ4n) is 1.76. The summed E-state index contributed by atoms with van der Waals surface area (Å²) in [6.07, 6.45) is 0.990. The first-order chi connectivity index (χ1) is 9.84. The van der Waals surface area contributed by atoms with Crippen LogP contribution in [0.25, 0.3) is 11.0 Å². The summed E-state index contributed by atoms with van der Waals surface area (Å²) in [6.45, 7) is 0. The first-order valence-corrected chi connectivity index (χ1v) is 8.00. The Morgan fingerprint density at radius 2 is 1.81 bits per heavy atom. The Balaban J connectivity index is 2.67. The van der Waals surface area contributed by atoms with Gasteiger partial charge < -0.3 is 18.6 Å². The summed E-state index contributed by atoms with van der Waals surface area (Å²) in [4.78, 5) is 12.4. The van der Waals surface area contributed by atoms with E-state index in [0.29, 0.717) is 0 Å². The molecule has 114 valence electrons. The molecule has 9 heteroatoms. The van der Waals surface area contributed by atoms with Gasteiger partial charge in [0.15, 0.2) is 11.3 Å². The first-order valence-electron chi connectivity index (χ1n) is 5.63. The maximum atomic E-state index is 12.4. The number of aliphatic hydroxyl groups is 1. The van der Waals surface area contributed by atoms with Gasteiger partial charge in [-0.15, -0.1) is 0 Å². The summed E-state index contributed by atoms with van der Waals surface area (Å²) in [5.41, 5.74) is -0.667. The largest absolute Gasteiger partial charge is 0.464 e. The SMILES string of the molecule is COP(=O)(OC)C(O)c1coc2cc(Cl)c(Cl)cc2c1=O. The van der Waals surface area contributed by atoms with Crippen LogP contribution in [0.2, 0.25) is 10.0 Å². The van der Waals surface area contributed by atoms with Gasteiger partial charge in [0.25, 0.3) is 0 Å². The molecule has 0 aliphatic rings. The molecule has 2 rings (SSSR count). The number of fused-ring (bicyclic) bond motifs is 1. The Morgan fingerprint density at radius 3 is 2.38 bits per heavy atom. The molecular formula is C12H11Cl2O6P. The summed E-state index contributed by atoms with van der Waals surface area (Å²) < 4.78 is 26.7. The van der Waals surface area contributed by atoms with Crippen molar-refractivity contribution >= 4 is 41.8 Å². The minimum absolute atomic E-state index is 0.0970. The Bertz CT molecular complexity index is 779. The number of hydrogen-bond acceptors (Lipinski definition) is 6. The molecule has 21 heavy (non-hydrogen) atoms. The molecule has 1 atom stereocenters. The molecule has 0 amide bonds. The predicted octanol–water partition coefficient (Wildman–Crippen LogP) is 3.58. The third kappa shape index (κ3) is 2.88. The lowest BCUT2D eigenvalue weighted by Gasteiger charge is -2.19. The van der Waals surface area contributed by atoms with E-state index in [1.165, 1.54) is 12.1 Å². The summed E-state index contributed by atoms with van der Waals surface area (Å²) >= 11 is 11.7. The van der Waals surface area contributed by atoms with E-state index in [1.807, 2.05) is 0 Å². The highest BCUT2D eigenvalue weighted by molar-refractivity contribution is 7.53. The van der Waals surface area contributed by atoms with Crippen LogP contribution >= 0.6 is 30.8 Å². The monoisotopic (exact) mass is 352 g/mol. The van der Waals surface area contributed by atoms with E-state index < -0.39 is 18.9 Å². The second-order valence-corrected chi connectivity index (χ2v) is 7.17. The highest BCUT2D eigenvalue weighted by Gasteiger charge is 2.36. The van der Waals surface area contributed by atoms with Gasteiger partial charge in [0.05, 0.1) is 21.0 Å². The number of hydrogen-bond donors (Lipinski definition) is 1. The van der Waals surface area contributed by atoms with Crippen LogP contribution in [0.1, 0.15) is 11.4 Å². The average molecular weight is 353 g/mol. The van der Waals surface area contributed by atoms with Crippen molar-refractivity contribution in [2.24, 2.45) is 0 Å². The van der Waals surface area contributed by atoms with Crippen LogP contribution in [0.5, 0.6) is 0 Å². The minimum Gasteiger partial charge on any atom is -0.464 e. The fourth-order valence-corrected chi connectivity index (χ4v) is 3.15. The van der Waals surface area contributed by atoms with Gasteiger partial charge in [0.2, 0.25) is 0 Å². The maximum Gasteiger partial charge on any atom is 0.363 e. The van der Waals surface area contributed by atoms with Gasteiger partial charge in [0.1, 0.15) is 11.8 Å².